The van der Waals surface area contributed by atoms with E-state index in [2.05, 4.69) is 57.0 Å². The average molecular weight is 253 g/mol. The van der Waals surface area contributed by atoms with Crippen LogP contribution in [0.15, 0.2) is 10.6 Å². The first-order valence-electron chi connectivity index (χ1n) is 6.71. The number of hydrogen-bond acceptors (Lipinski definition) is 4. The standard InChI is InChI=1S/C14H27N3O/c1-7-11(2)17(6)10-13-8-12(16-18-13)9-15-14(3,4)5/h8,11,15H,7,9-10H2,1-6H3. The molecular formula is C14H27N3O. The van der Waals surface area contributed by atoms with Crippen LogP contribution < -0.4 is 5.32 Å². The number of aromatic nitrogens is 1. The minimum atomic E-state index is 0.104. The Balaban J connectivity index is 2.48. The van der Waals surface area contributed by atoms with E-state index >= 15 is 0 Å². The maximum absolute atomic E-state index is 5.36. The van der Waals surface area contributed by atoms with Gasteiger partial charge in [0.15, 0.2) is 5.76 Å². The molecule has 0 spiro atoms. The predicted molar refractivity (Wildman–Crippen MR) is 74.3 cm³/mol. The molecule has 0 saturated heterocycles. The summed E-state index contributed by atoms with van der Waals surface area (Å²) in [5, 5.41) is 7.50. The summed E-state index contributed by atoms with van der Waals surface area (Å²) in [6.07, 6.45) is 1.14. The predicted octanol–water partition coefficient (Wildman–Crippen LogP) is 2.79. The van der Waals surface area contributed by atoms with E-state index in [1.54, 1.807) is 0 Å². The summed E-state index contributed by atoms with van der Waals surface area (Å²) in [5.74, 6) is 0.934. The van der Waals surface area contributed by atoms with Crippen molar-refractivity contribution < 1.29 is 4.52 Å². The van der Waals surface area contributed by atoms with Crippen molar-refractivity contribution in [3.8, 4) is 0 Å². The number of nitrogens with one attached hydrogen (secondary N) is 1. The molecule has 0 aliphatic heterocycles. The molecule has 1 rings (SSSR count). The molecule has 1 aromatic heterocycles. The van der Waals surface area contributed by atoms with Gasteiger partial charge in [0, 0.05) is 24.2 Å². The van der Waals surface area contributed by atoms with Crippen molar-refractivity contribution in [1.82, 2.24) is 15.4 Å². The normalized spacial score (nSPS) is 14.2. The first-order valence-corrected chi connectivity index (χ1v) is 6.71. The van der Waals surface area contributed by atoms with Gasteiger partial charge in [-0.25, -0.2) is 0 Å². The minimum absolute atomic E-state index is 0.104. The van der Waals surface area contributed by atoms with Gasteiger partial charge < -0.3 is 9.84 Å². The second-order valence-electron chi connectivity index (χ2n) is 6.06. The van der Waals surface area contributed by atoms with Crippen molar-refractivity contribution in [3.05, 3.63) is 17.5 Å². The lowest BCUT2D eigenvalue weighted by molar-refractivity contribution is 0.214. The fourth-order valence-corrected chi connectivity index (χ4v) is 1.58. The highest BCUT2D eigenvalue weighted by Gasteiger charge is 2.13. The van der Waals surface area contributed by atoms with Gasteiger partial charge in [-0.05, 0) is 41.2 Å². The third-order valence-corrected chi connectivity index (χ3v) is 3.16. The van der Waals surface area contributed by atoms with Crippen LogP contribution in [0.4, 0.5) is 0 Å². The Labute approximate surface area is 111 Å². The smallest absolute Gasteiger partial charge is 0.151 e. The maximum Gasteiger partial charge on any atom is 0.151 e. The van der Waals surface area contributed by atoms with Crippen molar-refractivity contribution >= 4 is 0 Å². The lowest BCUT2D eigenvalue weighted by Gasteiger charge is -2.21. The van der Waals surface area contributed by atoms with E-state index in [0.717, 1.165) is 31.0 Å². The van der Waals surface area contributed by atoms with E-state index in [1.165, 1.54) is 0 Å². The zero-order valence-corrected chi connectivity index (χ0v) is 12.6. The second kappa shape index (κ2) is 6.34. The molecule has 0 amide bonds. The molecule has 0 aromatic carbocycles. The lowest BCUT2D eigenvalue weighted by atomic mass is 10.1. The molecule has 1 heterocycles. The monoisotopic (exact) mass is 253 g/mol. The van der Waals surface area contributed by atoms with E-state index in [1.807, 2.05) is 6.07 Å². The Kier molecular flexibility index (Phi) is 5.35. The zero-order valence-electron chi connectivity index (χ0n) is 12.6. The van der Waals surface area contributed by atoms with E-state index in [9.17, 15) is 0 Å². The summed E-state index contributed by atoms with van der Waals surface area (Å²) in [7, 11) is 2.11. The largest absolute Gasteiger partial charge is 0.360 e. The highest BCUT2D eigenvalue weighted by atomic mass is 16.5. The summed E-state index contributed by atoms with van der Waals surface area (Å²) in [5.41, 5.74) is 1.07. The molecular weight excluding hydrogens is 226 g/mol. The summed E-state index contributed by atoms with van der Waals surface area (Å²) >= 11 is 0. The fourth-order valence-electron chi connectivity index (χ4n) is 1.58. The molecule has 1 unspecified atom stereocenters. The van der Waals surface area contributed by atoms with Crippen LogP contribution in [-0.2, 0) is 13.1 Å². The van der Waals surface area contributed by atoms with Crippen LogP contribution >= 0.6 is 0 Å². The molecule has 1 N–H and O–H groups in total. The Morgan fingerprint density at radius 2 is 2.11 bits per heavy atom. The Hall–Kier alpha value is -0.870. The van der Waals surface area contributed by atoms with Gasteiger partial charge in [-0.3, -0.25) is 4.90 Å². The van der Waals surface area contributed by atoms with Gasteiger partial charge in [0.2, 0.25) is 0 Å². The topological polar surface area (TPSA) is 41.3 Å². The van der Waals surface area contributed by atoms with Gasteiger partial charge in [0.25, 0.3) is 0 Å². The second-order valence-corrected chi connectivity index (χ2v) is 6.06. The van der Waals surface area contributed by atoms with Crippen LogP contribution in [-0.4, -0.2) is 28.7 Å². The van der Waals surface area contributed by atoms with Crippen LogP contribution in [0.5, 0.6) is 0 Å². The Bertz CT molecular complexity index is 354. The molecule has 0 saturated carbocycles. The SMILES string of the molecule is CCC(C)N(C)Cc1cc(CNC(C)(C)C)no1. The van der Waals surface area contributed by atoms with E-state index in [0.29, 0.717) is 6.04 Å². The first kappa shape index (κ1) is 15.2. The van der Waals surface area contributed by atoms with Gasteiger partial charge >= 0.3 is 0 Å². The summed E-state index contributed by atoms with van der Waals surface area (Å²) in [6, 6.07) is 2.60. The van der Waals surface area contributed by atoms with Crippen molar-refractivity contribution in [2.75, 3.05) is 7.05 Å². The quantitative estimate of drug-likeness (QED) is 0.846. The van der Waals surface area contributed by atoms with E-state index in [4.69, 9.17) is 4.52 Å². The van der Waals surface area contributed by atoms with Crippen LogP contribution in [0.25, 0.3) is 0 Å². The molecule has 0 bridgehead atoms. The van der Waals surface area contributed by atoms with E-state index in [-0.39, 0.29) is 5.54 Å². The van der Waals surface area contributed by atoms with Crippen molar-refractivity contribution in [3.63, 3.8) is 0 Å². The highest BCUT2D eigenvalue weighted by molar-refractivity contribution is 5.05. The van der Waals surface area contributed by atoms with Gasteiger partial charge in [-0.15, -0.1) is 0 Å². The molecule has 104 valence electrons. The van der Waals surface area contributed by atoms with Gasteiger partial charge in [0.05, 0.1) is 12.2 Å². The van der Waals surface area contributed by atoms with Crippen molar-refractivity contribution in [2.45, 2.75) is 65.7 Å². The van der Waals surface area contributed by atoms with Gasteiger partial charge in [-0.2, -0.15) is 0 Å². The molecule has 0 radical (unpaired) electrons. The maximum atomic E-state index is 5.36. The third kappa shape index (κ3) is 5.19. The molecule has 4 nitrogen and oxygen atoms in total. The molecule has 18 heavy (non-hydrogen) atoms. The van der Waals surface area contributed by atoms with Crippen molar-refractivity contribution in [1.29, 1.82) is 0 Å². The Morgan fingerprint density at radius 3 is 2.67 bits per heavy atom. The van der Waals surface area contributed by atoms with Gasteiger partial charge in [-0.1, -0.05) is 12.1 Å². The molecule has 4 heteroatoms. The number of hydrogen-bond donors (Lipinski definition) is 1. The summed E-state index contributed by atoms with van der Waals surface area (Å²) in [6.45, 7) is 12.4. The van der Waals surface area contributed by atoms with Crippen LogP contribution in [0.1, 0.15) is 52.5 Å². The van der Waals surface area contributed by atoms with Crippen LogP contribution in [0, 0.1) is 0 Å². The van der Waals surface area contributed by atoms with Crippen LogP contribution in [0.3, 0.4) is 0 Å². The highest BCUT2D eigenvalue weighted by Crippen LogP contribution is 2.10. The summed E-state index contributed by atoms with van der Waals surface area (Å²) < 4.78 is 5.36. The number of rotatable bonds is 6. The lowest BCUT2D eigenvalue weighted by Crippen LogP contribution is -2.35. The van der Waals surface area contributed by atoms with Crippen LogP contribution in [0.2, 0.25) is 0 Å². The molecule has 0 aliphatic carbocycles. The third-order valence-electron chi connectivity index (χ3n) is 3.16. The van der Waals surface area contributed by atoms with E-state index < -0.39 is 0 Å². The van der Waals surface area contributed by atoms with Crippen molar-refractivity contribution in [2.24, 2.45) is 0 Å². The minimum Gasteiger partial charge on any atom is -0.360 e. The number of nitrogens with zero attached hydrogens (tertiary/aromatic N) is 2. The first-order chi connectivity index (χ1) is 8.31. The zero-order chi connectivity index (χ0) is 13.8. The average Bonchev–Trinajstić information content (AvgIpc) is 2.72. The summed E-state index contributed by atoms with van der Waals surface area (Å²) in [4.78, 5) is 2.28. The molecule has 1 aromatic rings. The molecule has 1 atom stereocenters. The fraction of sp³-hybridized carbons (Fsp3) is 0.786. The van der Waals surface area contributed by atoms with Gasteiger partial charge in [0.1, 0.15) is 0 Å². The molecule has 0 fully saturated rings. The molecule has 0 aliphatic rings. The Morgan fingerprint density at radius 1 is 1.44 bits per heavy atom.